The predicted octanol–water partition coefficient (Wildman–Crippen LogP) is 1.49. The average molecular weight is 422 g/mol. The van der Waals surface area contributed by atoms with Gasteiger partial charge in [-0.15, -0.1) is 0 Å². The summed E-state index contributed by atoms with van der Waals surface area (Å²) >= 11 is 5.36. The van der Waals surface area contributed by atoms with Crippen molar-refractivity contribution in [2.45, 2.75) is 32.7 Å². The zero-order valence-electron chi connectivity index (χ0n) is 16.9. The summed E-state index contributed by atoms with van der Waals surface area (Å²) in [6.45, 7) is 5.11. The highest BCUT2D eigenvalue weighted by molar-refractivity contribution is 7.80. The van der Waals surface area contributed by atoms with E-state index in [-0.39, 0.29) is 17.4 Å². The number of piperazine rings is 1. The van der Waals surface area contributed by atoms with Gasteiger partial charge in [-0.2, -0.15) is 0 Å². The molecule has 0 bridgehead atoms. The molecule has 1 aromatic rings. The quantitative estimate of drug-likeness (QED) is 0.509. The van der Waals surface area contributed by atoms with Crippen LogP contribution >= 0.6 is 12.2 Å². The molecule has 0 aromatic heterocycles. The Bertz CT molecular complexity index is 768. The first-order valence-electron chi connectivity index (χ1n) is 9.51. The first-order chi connectivity index (χ1) is 13.8. The maximum atomic E-state index is 12.6. The molecule has 0 radical (unpaired) electrons. The molecule has 0 spiro atoms. The van der Waals surface area contributed by atoms with Crippen LogP contribution in [-0.2, 0) is 14.3 Å². The molecular weight excluding hydrogens is 394 g/mol. The standard InChI is InChI=1S/C20H27N3O5S/c1-13(2)8-11-28-17(24)12-15-19(26)21-9-10-23(15)20(29)22-18(25)14-6-4-5-7-16(14)27-3/h4-7,13,15H,8-12H2,1-3H3,(H,21,26)(H,22,25,29). The van der Waals surface area contributed by atoms with Crippen molar-refractivity contribution in [2.24, 2.45) is 5.92 Å². The maximum absolute atomic E-state index is 12.6. The normalized spacial score (nSPS) is 16.2. The Morgan fingerprint density at radius 2 is 2.07 bits per heavy atom. The van der Waals surface area contributed by atoms with Gasteiger partial charge in [-0.25, -0.2) is 0 Å². The predicted molar refractivity (Wildman–Crippen MR) is 112 cm³/mol. The molecule has 1 heterocycles. The van der Waals surface area contributed by atoms with Gasteiger partial charge >= 0.3 is 5.97 Å². The van der Waals surface area contributed by atoms with Crippen LogP contribution in [0.2, 0.25) is 0 Å². The van der Waals surface area contributed by atoms with E-state index in [1.165, 1.54) is 7.11 Å². The van der Waals surface area contributed by atoms with Crippen molar-refractivity contribution >= 4 is 35.1 Å². The van der Waals surface area contributed by atoms with E-state index < -0.39 is 17.9 Å². The number of carbonyl (C=O) groups is 3. The van der Waals surface area contributed by atoms with Gasteiger partial charge in [0.2, 0.25) is 5.91 Å². The average Bonchev–Trinajstić information content (AvgIpc) is 2.69. The van der Waals surface area contributed by atoms with Gasteiger partial charge in [-0.3, -0.25) is 19.7 Å². The molecule has 2 N–H and O–H groups in total. The van der Waals surface area contributed by atoms with E-state index in [9.17, 15) is 14.4 Å². The Kier molecular flexibility index (Phi) is 8.38. The number of thiocarbonyl (C=S) groups is 1. The lowest BCUT2D eigenvalue weighted by Gasteiger charge is -2.36. The van der Waals surface area contributed by atoms with Gasteiger partial charge in [0.05, 0.1) is 25.7 Å². The number of ether oxygens (including phenoxy) is 2. The summed E-state index contributed by atoms with van der Waals surface area (Å²) in [5.41, 5.74) is 0.323. The Balaban J connectivity index is 2.03. The monoisotopic (exact) mass is 421 g/mol. The minimum Gasteiger partial charge on any atom is -0.496 e. The summed E-state index contributed by atoms with van der Waals surface area (Å²) in [4.78, 5) is 38.6. The summed E-state index contributed by atoms with van der Waals surface area (Å²) < 4.78 is 10.4. The fourth-order valence-electron chi connectivity index (χ4n) is 2.85. The van der Waals surface area contributed by atoms with Gasteiger partial charge in [0, 0.05) is 13.1 Å². The number of hydrogen-bond donors (Lipinski definition) is 2. The highest BCUT2D eigenvalue weighted by Gasteiger charge is 2.34. The maximum Gasteiger partial charge on any atom is 0.308 e. The first-order valence-corrected chi connectivity index (χ1v) is 9.92. The van der Waals surface area contributed by atoms with Crippen LogP contribution in [0.1, 0.15) is 37.0 Å². The van der Waals surface area contributed by atoms with Crippen molar-refractivity contribution in [1.29, 1.82) is 0 Å². The van der Waals surface area contributed by atoms with Gasteiger partial charge in [0.1, 0.15) is 11.8 Å². The van der Waals surface area contributed by atoms with E-state index in [4.69, 9.17) is 21.7 Å². The number of nitrogens with one attached hydrogen (secondary N) is 2. The molecule has 1 unspecified atom stereocenters. The molecule has 1 aliphatic rings. The molecule has 1 saturated heterocycles. The van der Waals surface area contributed by atoms with Gasteiger partial charge in [-0.1, -0.05) is 26.0 Å². The third kappa shape index (κ3) is 6.42. The summed E-state index contributed by atoms with van der Waals surface area (Å²) in [6, 6.07) is 5.92. The number of methoxy groups -OCH3 is 1. The fourth-order valence-corrected chi connectivity index (χ4v) is 3.17. The van der Waals surface area contributed by atoms with Crippen LogP contribution in [0.15, 0.2) is 24.3 Å². The lowest BCUT2D eigenvalue weighted by molar-refractivity contribution is -0.147. The first kappa shape index (κ1) is 22.6. The third-order valence-electron chi connectivity index (χ3n) is 4.48. The van der Waals surface area contributed by atoms with Crippen molar-refractivity contribution in [3.05, 3.63) is 29.8 Å². The summed E-state index contributed by atoms with van der Waals surface area (Å²) in [5.74, 6) is -0.427. The smallest absolute Gasteiger partial charge is 0.308 e. The highest BCUT2D eigenvalue weighted by Crippen LogP contribution is 2.17. The number of para-hydroxylation sites is 1. The van der Waals surface area contributed by atoms with Gasteiger partial charge in [0.25, 0.3) is 5.91 Å². The van der Waals surface area contributed by atoms with Crippen molar-refractivity contribution in [1.82, 2.24) is 15.5 Å². The minimum absolute atomic E-state index is 0.0794. The number of hydrogen-bond acceptors (Lipinski definition) is 6. The van der Waals surface area contributed by atoms with Gasteiger partial charge in [0.15, 0.2) is 5.11 Å². The van der Waals surface area contributed by atoms with Crippen molar-refractivity contribution in [2.75, 3.05) is 26.8 Å². The van der Waals surface area contributed by atoms with Crippen LogP contribution < -0.4 is 15.4 Å². The summed E-state index contributed by atoms with van der Waals surface area (Å²) in [6.07, 6.45) is 0.605. The molecule has 1 fully saturated rings. The molecule has 2 rings (SSSR count). The molecule has 158 valence electrons. The number of esters is 1. The van der Waals surface area contributed by atoms with Crippen LogP contribution in [0, 0.1) is 5.92 Å². The second kappa shape index (κ2) is 10.8. The van der Waals surface area contributed by atoms with E-state index >= 15 is 0 Å². The second-order valence-electron chi connectivity index (χ2n) is 7.07. The van der Waals surface area contributed by atoms with Crippen molar-refractivity contribution in [3.8, 4) is 5.75 Å². The molecule has 2 amide bonds. The van der Waals surface area contributed by atoms with E-state index in [1.54, 1.807) is 29.2 Å². The van der Waals surface area contributed by atoms with E-state index in [1.807, 2.05) is 13.8 Å². The topological polar surface area (TPSA) is 97.0 Å². The SMILES string of the molecule is COc1ccccc1C(=O)NC(=S)N1CCNC(=O)C1CC(=O)OCCC(C)C. The van der Waals surface area contributed by atoms with Crippen molar-refractivity contribution in [3.63, 3.8) is 0 Å². The number of rotatable bonds is 7. The molecule has 0 aliphatic carbocycles. The van der Waals surface area contributed by atoms with E-state index in [0.29, 0.717) is 36.9 Å². The molecule has 1 atom stereocenters. The molecule has 0 saturated carbocycles. The van der Waals surface area contributed by atoms with Crippen LogP contribution in [0.5, 0.6) is 5.75 Å². The summed E-state index contributed by atoms with van der Waals surface area (Å²) in [7, 11) is 1.47. The number of benzene rings is 1. The van der Waals surface area contributed by atoms with E-state index in [2.05, 4.69) is 10.6 Å². The van der Waals surface area contributed by atoms with Gasteiger partial charge in [-0.05, 0) is 36.7 Å². The molecule has 29 heavy (non-hydrogen) atoms. The Hall–Kier alpha value is -2.68. The van der Waals surface area contributed by atoms with Crippen LogP contribution in [-0.4, -0.2) is 60.6 Å². The number of nitrogens with zero attached hydrogens (tertiary/aromatic N) is 1. The lowest BCUT2D eigenvalue weighted by Crippen LogP contribution is -2.60. The van der Waals surface area contributed by atoms with Crippen molar-refractivity contribution < 1.29 is 23.9 Å². The Morgan fingerprint density at radius 3 is 2.76 bits per heavy atom. The van der Waals surface area contributed by atoms with Crippen LogP contribution in [0.25, 0.3) is 0 Å². The summed E-state index contributed by atoms with van der Waals surface area (Å²) in [5, 5.41) is 5.43. The molecular formula is C20H27N3O5S. The molecule has 9 heteroatoms. The van der Waals surface area contributed by atoms with Crippen LogP contribution in [0.3, 0.4) is 0 Å². The Morgan fingerprint density at radius 1 is 1.34 bits per heavy atom. The lowest BCUT2D eigenvalue weighted by atomic mass is 10.1. The zero-order chi connectivity index (χ0) is 21.4. The molecule has 1 aliphatic heterocycles. The Labute approximate surface area is 175 Å². The number of carbonyl (C=O) groups excluding carboxylic acids is 3. The third-order valence-corrected chi connectivity index (χ3v) is 4.82. The molecule has 1 aromatic carbocycles. The number of amides is 2. The fraction of sp³-hybridized carbons (Fsp3) is 0.500. The van der Waals surface area contributed by atoms with E-state index in [0.717, 1.165) is 6.42 Å². The second-order valence-corrected chi connectivity index (χ2v) is 7.45. The van der Waals surface area contributed by atoms with Crippen LogP contribution in [0.4, 0.5) is 0 Å². The van der Waals surface area contributed by atoms with Gasteiger partial charge < -0.3 is 19.7 Å². The highest BCUT2D eigenvalue weighted by atomic mass is 32.1. The molecule has 8 nitrogen and oxygen atoms in total. The largest absolute Gasteiger partial charge is 0.496 e. The zero-order valence-corrected chi connectivity index (χ0v) is 17.7. The minimum atomic E-state index is -0.833.